The average Bonchev–Trinajstić information content (AvgIpc) is 3.33. The Labute approximate surface area is 214 Å². The monoisotopic (exact) mass is 485 g/mol. The van der Waals surface area contributed by atoms with Gasteiger partial charge in [0.25, 0.3) is 0 Å². The molecule has 198 valence electrons. The van der Waals surface area contributed by atoms with Crippen molar-refractivity contribution >= 4 is 11.8 Å². The molecule has 5 nitrogen and oxygen atoms in total. The molecule has 2 amide bonds. The first-order valence-corrected chi connectivity index (χ1v) is 14.5. The number of hydrogen-bond donors (Lipinski definition) is 0. The Balaban J connectivity index is 1.26. The highest BCUT2D eigenvalue weighted by molar-refractivity contribution is 5.77. The lowest BCUT2D eigenvalue weighted by molar-refractivity contribution is -0.133. The van der Waals surface area contributed by atoms with Crippen LogP contribution in [-0.2, 0) is 9.59 Å². The van der Waals surface area contributed by atoms with Gasteiger partial charge in [-0.15, -0.1) is 0 Å². The summed E-state index contributed by atoms with van der Waals surface area (Å²) in [6, 6.07) is 0. The van der Waals surface area contributed by atoms with Gasteiger partial charge in [-0.25, -0.2) is 0 Å². The van der Waals surface area contributed by atoms with Crippen LogP contribution in [0.5, 0.6) is 0 Å². The predicted molar refractivity (Wildman–Crippen MR) is 143 cm³/mol. The smallest absolute Gasteiger partial charge is 0.223 e. The van der Waals surface area contributed by atoms with Gasteiger partial charge in [-0.05, 0) is 47.8 Å². The van der Waals surface area contributed by atoms with Gasteiger partial charge in [-0.1, -0.05) is 72.0 Å². The van der Waals surface area contributed by atoms with Crippen LogP contribution in [0, 0.1) is 28.6 Å². The SMILES string of the molecule is CC(C)(C)CC(=O)N(CCN1CCN(C(=O)CCC2CCCC2)CC1)CC1=CCC2CC1C2(C)C. The van der Waals surface area contributed by atoms with Gasteiger partial charge in [0, 0.05) is 58.7 Å². The summed E-state index contributed by atoms with van der Waals surface area (Å²) in [6.45, 7) is 17.3. The Morgan fingerprint density at radius 3 is 2.37 bits per heavy atom. The van der Waals surface area contributed by atoms with Gasteiger partial charge < -0.3 is 9.80 Å². The molecular weight excluding hydrogens is 434 g/mol. The van der Waals surface area contributed by atoms with E-state index in [-0.39, 0.29) is 5.41 Å². The molecule has 0 radical (unpaired) electrons. The highest BCUT2D eigenvalue weighted by Gasteiger charge is 2.51. The Kier molecular flexibility index (Phi) is 8.35. The second kappa shape index (κ2) is 10.9. The summed E-state index contributed by atoms with van der Waals surface area (Å²) in [5, 5.41) is 0. The number of piperazine rings is 1. The van der Waals surface area contributed by atoms with Gasteiger partial charge in [0.15, 0.2) is 0 Å². The molecule has 0 aromatic heterocycles. The molecule has 0 N–H and O–H groups in total. The second-order valence-corrected chi connectivity index (χ2v) is 13.8. The van der Waals surface area contributed by atoms with Crippen molar-refractivity contribution in [2.75, 3.05) is 45.8 Å². The molecule has 2 bridgehead atoms. The summed E-state index contributed by atoms with van der Waals surface area (Å²) >= 11 is 0. The quantitative estimate of drug-likeness (QED) is 0.413. The lowest BCUT2D eigenvalue weighted by Gasteiger charge is -2.57. The van der Waals surface area contributed by atoms with E-state index in [0.717, 1.165) is 70.5 Å². The molecule has 4 aliphatic carbocycles. The molecule has 5 aliphatic rings. The lowest BCUT2D eigenvalue weighted by atomic mass is 9.49. The maximum Gasteiger partial charge on any atom is 0.223 e. The first-order chi connectivity index (χ1) is 16.5. The minimum Gasteiger partial charge on any atom is -0.340 e. The van der Waals surface area contributed by atoms with E-state index in [1.165, 1.54) is 44.1 Å². The molecule has 2 atom stereocenters. The molecule has 35 heavy (non-hydrogen) atoms. The largest absolute Gasteiger partial charge is 0.340 e. The Hall–Kier alpha value is -1.36. The number of nitrogens with zero attached hydrogens (tertiary/aromatic N) is 3. The Morgan fingerprint density at radius 1 is 1.09 bits per heavy atom. The highest BCUT2D eigenvalue weighted by atomic mass is 16.2. The number of fused-ring (bicyclic) bond motifs is 1. The maximum absolute atomic E-state index is 13.3. The van der Waals surface area contributed by atoms with E-state index < -0.39 is 0 Å². The van der Waals surface area contributed by atoms with Crippen molar-refractivity contribution < 1.29 is 9.59 Å². The normalized spacial score (nSPS) is 26.9. The fraction of sp³-hybridized carbons (Fsp3) is 0.867. The summed E-state index contributed by atoms with van der Waals surface area (Å²) in [4.78, 5) is 32.7. The van der Waals surface area contributed by atoms with E-state index in [9.17, 15) is 9.59 Å². The highest BCUT2D eigenvalue weighted by Crippen LogP contribution is 2.59. The van der Waals surface area contributed by atoms with Crippen LogP contribution in [0.4, 0.5) is 0 Å². The van der Waals surface area contributed by atoms with Crippen molar-refractivity contribution in [1.29, 1.82) is 0 Å². The molecule has 2 saturated carbocycles. The predicted octanol–water partition coefficient (Wildman–Crippen LogP) is 5.36. The molecule has 3 fully saturated rings. The Morgan fingerprint density at radius 2 is 1.77 bits per heavy atom. The van der Waals surface area contributed by atoms with Crippen LogP contribution in [0.15, 0.2) is 11.6 Å². The maximum atomic E-state index is 13.3. The van der Waals surface area contributed by atoms with Crippen LogP contribution in [0.25, 0.3) is 0 Å². The van der Waals surface area contributed by atoms with Crippen LogP contribution in [0.3, 0.4) is 0 Å². The molecule has 2 unspecified atom stereocenters. The average molecular weight is 486 g/mol. The van der Waals surface area contributed by atoms with Gasteiger partial charge in [-0.3, -0.25) is 14.5 Å². The standard InChI is InChI=1S/C30H51N3O2/c1-29(2,3)21-28(35)33(22-24-11-12-25-20-26(24)30(25,4)5)19-16-31-14-17-32(18-15-31)27(34)13-10-23-8-6-7-9-23/h11,23,25-26H,6-10,12-22H2,1-5H3. The minimum atomic E-state index is 0.00159. The van der Waals surface area contributed by atoms with Crippen LogP contribution in [0.1, 0.15) is 92.4 Å². The van der Waals surface area contributed by atoms with E-state index in [0.29, 0.717) is 29.6 Å². The third kappa shape index (κ3) is 6.70. The van der Waals surface area contributed by atoms with E-state index >= 15 is 0 Å². The van der Waals surface area contributed by atoms with Crippen molar-refractivity contribution in [2.45, 2.75) is 92.4 Å². The number of allylic oxidation sites excluding steroid dienone is 1. The van der Waals surface area contributed by atoms with Crippen LogP contribution in [0.2, 0.25) is 0 Å². The first-order valence-electron chi connectivity index (χ1n) is 14.5. The van der Waals surface area contributed by atoms with Crippen molar-refractivity contribution in [3.05, 3.63) is 11.6 Å². The third-order valence-electron chi connectivity index (χ3n) is 9.64. The van der Waals surface area contributed by atoms with Crippen LogP contribution < -0.4 is 0 Å². The zero-order valence-electron chi connectivity index (χ0n) is 23.3. The molecule has 0 spiro atoms. The number of carbonyl (C=O) groups excluding carboxylic acids is 2. The zero-order chi connectivity index (χ0) is 25.2. The molecule has 1 saturated heterocycles. The van der Waals surface area contributed by atoms with Gasteiger partial charge in [0.05, 0.1) is 0 Å². The van der Waals surface area contributed by atoms with E-state index in [1.807, 2.05) is 0 Å². The van der Waals surface area contributed by atoms with E-state index in [2.05, 4.69) is 55.4 Å². The van der Waals surface area contributed by atoms with E-state index in [4.69, 9.17) is 0 Å². The molecule has 0 aromatic carbocycles. The number of carbonyl (C=O) groups is 2. The molecule has 0 aromatic rings. The first kappa shape index (κ1) is 26.7. The molecule has 1 aliphatic heterocycles. The topological polar surface area (TPSA) is 43.9 Å². The third-order valence-corrected chi connectivity index (χ3v) is 9.64. The molecule has 1 heterocycles. The van der Waals surface area contributed by atoms with E-state index in [1.54, 1.807) is 0 Å². The number of rotatable bonds is 9. The van der Waals surface area contributed by atoms with Crippen LogP contribution >= 0.6 is 0 Å². The summed E-state index contributed by atoms with van der Waals surface area (Å²) < 4.78 is 0. The molecule has 5 heteroatoms. The van der Waals surface area contributed by atoms with Gasteiger partial charge in [0.1, 0.15) is 0 Å². The summed E-state index contributed by atoms with van der Waals surface area (Å²) in [5.41, 5.74) is 1.89. The fourth-order valence-electron chi connectivity index (χ4n) is 7.00. The van der Waals surface area contributed by atoms with Crippen molar-refractivity contribution in [2.24, 2.45) is 28.6 Å². The minimum absolute atomic E-state index is 0.00159. The lowest BCUT2D eigenvalue weighted by Crippen LogP contribution is -2.52. The summed E-state index contributed by atoms with van der Waals surface area (Å²) in [7, 11) is 0. The Bertz CT molecular complexity index is 782. The van der Waals surface area contributed by atoms with Gasteiger partial charge in [0.2, 0.25) is 11.8 Å². The van der Waals surface area contributed by atoms with Crippen molar-refractivity contribution in [1.82, 2.24) is 14.7 Å². The fourth-order valence-corrected chi connectivity index (χ4v) is 7.00. The summed E-state index contributed by atoms with van der Waals surface area (Å²) in [5.74, 6) is 2.90. The van der Waals surface area contributed by atoms with Crippen molar-refractivity contribution in [3.8, 4) is 0 Å². The van der Waals surface area contributed by atoms with Gasteiger partial charge in [-0.2, -0.15) is 0 Å². The zero-order valence-corrected chi connectivity index (χ0v) is 23.3. The number of amides is 2. The van der Waals surface area contributed by atoms with Crippen LogP contribution in [-0.4, -0.2) is 72.3 Å². The second-order valence-electron chi connectivity index (χ2n) is 13.8. The number of hydrogen-bond acceptors (Lipinski definition) is 3. The molecular formula is C30H51N3O2. The molecule has 5 rings (SSSR count). The summed E-state index contributed by atoms with van der Waals surface area (Å²) in [6.07, 6.45) is 12.7. The van der Waals surface area contributed by atoms with Gasteiger partial charge >= 0.3 is 0 Å². The van der Waals surface area contributed by atoms with Crippen molar-refractivity contribution in [3.63, 3.8) is 0 Å².